The predicted molar refractivity (Wildman–Crippen MR) is 75.3 cm³/mol. The third kappa shape index (κ3) is 2.70. The lowest BCUT2D eigenvalue weighted by molar-refractivity contribution is 0.0944. The smallest absolute Gasteiger partial charge is 0.252 e. The van der Waals surface area contributed by atoms with Crippen molar-refractivity contribution >= 4 is 5.91 Å². The molecule has 0 aromatic carbocycles. The maximum Gasteiger partial charge on any atom is 0.252 e. The fourth-order valence-corrected chi connectivity index (χ4v) is 2.16. The third-order valence-corrected chi connectivity index (χ3v) is 3.20. The molecule has 20 heavy (non-hydrogen) atoms. The van der Waals surface area contributed by atoms with Gasteiger partial charge in [-0.2, -0.15) is 5.10 Å². The van der Waals surface area contributed by atoms with Gasteiger partial charge in [-0.3, -0.25) is 14.5 Å². The molecule has 0 unspecified atom stereocenters. The Kier molecular flexibility index (Phi) is 4.14. The summed E-state index contributed by atoms with van der Waals surface area (Å²) in [5.74, 6) is -0.243. The lowest BCUT2D eigenvalue weighted by Gasteiger charge is -2.06. The summed E-state index contributed by atoms with van der Waals surface area (Å²) >= 11 is 0. The molecule has 0 saturated carbocycles. The Hall–Kier alpha value is -2.21. The number of hydrogen-bond acceptors (Lipinski definition) is 4. The number of carbonyl (C=O) groups excluding carboxylic acids is 1. The van der Waals surface area contributed by atoms with E-state index in [0.717, 1.165) is 22.5 Å². The molecule has 0 aliphatic rings. The van der Waals surface area contributed by atoms with Crippen molar-refractivity contribution in [1.29, 1.82) is 0 Å². The largest absolute Gasteiger partial charge is 0.395 e. The average molecular weight is 274 g/mol. The molecule has 2 N–H and O–H groups in total. The molecular formula is C14H18N4O2. The number of nitrogens with zero attached hydrogens (tertiary/aromatic N) is 3. The first kappa shape index (κ1) is 14.2. The van der Waals surface area contributed by atoms with E-state index < -0.39 is 0 Å². The molecule has 0 bridgehead atoms. The fourth-order valence-electron chi connectivity index (χ4n) is 2.16. The highest BCUT2D eigenvalue weighted by molar-refractivity contribution is 5.95. The molecule has 1 amide bonds. The van der Waals surface area contributed by atoms with E-state index in [4.69, 9.17) is 5.11 Å². The SMILES string of the molecule is Cc1nn(C)c(C)c1-c1cncc(C(=O)NCCO)c1. The highest BCUT2D eigenvalue weighted by Gasteiger charge is 2.14. The maximum absolute atomic E-state index is 11.9. The predicted octanol–water partition coefficient (Wildman–Crippen LogP) is 0.821. The van der Waals surface area contributed by atoms with Gasteiger partial charge >= 0.3 is 0 Å². The Balaban J connectivity index is 2.37. The van der Waals surface area contributed by atoms with Crippen LogP contribution < -0.4 is 5.32 Å². The second-order valence-electron chi connectivity index (χ2n) is 4.61. The molecular weight excluding hydrogens is 256 g/mol. The normalized spacial score (nSPS) is 10.6. The molecule has 6 heteroatoms. The van der Waals surface area contributed by atoms with Crippen molar-refractivity contribution in [1.82, 2.24) is 20.1 Å². The number of nitrogens with one attached hydrogen (secondary N) is 1. The molecule has 0 spiro atoms. The number of aryl methyl sites for hydroxylation is 2. The maximum atomic E-state index is 11.9. The summed E-state index contributed by atoms with van der Waals surface area (Å²) in [6.45, 7) is 4.06. The summed E-state index contributed by atoms with van der Waals surface area (Å²) in [6, 6.07) is 1.79. The minimum atomic E-state index is -0.243. The molecule has 2 heterocycles. The van der Waals surface area contributed by atoms with Crippen LogP contribution in [0.2, 0.25) is 0 Å². The molecule has 2 rings (SSSR count). The Morgan fingerprint density at radius 3 is 2.75 bits per heavy atom. The number of hydrogen-bond donors (Lipinski definition) is 2. The van der Waals surface area contributed by atoms with Gasteiger partial charge in [-0.15, -0.1) is 0 Å². The number of amides is 1. The minimum Gasteiger partial charge on any atom is -0.395 e. The van der Waals surface area contributed by atoms with E-state index in [1.165, 1.54) is 6.20 Å². The fraction of sp³-hybridized carbons (Fsp3) is 0.357. The summed E-state index contributed by atoms with van der Waals surface area (Å²) in [4.78, 5) is 16.0. The number of aliphatic hydroxyl groups is 1. The van der Waals surface area contributed by atoms with Crippen molar-refractivity contribution in [3.8, 4) is 11.1 Å². The lowest BCUT2D eigenvalue weighted by Crippen LogP contribution is -2.26. The van der Waals surface area contributed by atoms with E-state index in [1.807, 2.05) is 25.6 Å². The zero-order chi connectivity index (χ0) is 14.7. The molecule has 2 aromatic rings. The summed E-state index contributed by atoms with van der Waals surface area (Å²) in [7, 11) is 1.89. The number of carbonyl (C=O) groups is 1. The van der Waals surface area contributed by atoms with Crippen LogP contribution >= 0.6 is 0 Å². The number of pyridine rings is 1. The van der Waals surface area contributed by atoms with Crippen LogP contribution in [0, 0.1) is 13.8 Å². The third-order valence-electron chi connectivity index (χ3n) is 3.20. The summed E-state index contributed by atoms with van der Waals surface area (Å²) < 4.78 is 1.81. The van der Waals surface area contributed by atoms with Crippen molar-refractivity contribution in [2.45, 2.75) is 13.8 Å². The Labute approximate surface area is 117 Å². The standard InChI is InChI=1S/C14H18N4O2/c1-9-13(10(2)18(3)17-9)11-6-12(8-15-7-11)14(20)16-4-5-19/h6-8,19H,4-5H2,1-3H3,(H,16,20). The van der Waals surface area contributed by atoms with Crippen LogP contribution in [0.5, 0.6) is 0 Å². The van der Waals surface area contributed by atoms with Crippen molar-refractivity contribution in [3.63, 3.8) is 0 Å². The van der Waals surface area contributed by atoms with E-state index >= 15 is 0 Å². The van der Waals surface area contributed by atoms with Crippen LogP contribution in [0.3, 0.4) is 0 Å². The quantitative estimate of drug-likeness (QED) is 0.865. The molecule has 0 fully saturated rings. The molecule has 0 saturated heterocycles. The van der Waals surface area contributed by atoms with E-state index in [2.05, 4.69) is 15.4 Å². The van der Waals surface area contributed by atoms with Gasteiger partial charge in [0.05, 0.1) is 17.9 Å². The first-order valence-corrected chi connectivity index (χ1v) is 6.39. The molecule has 106 valence electrons. The van der Waals surface area contributed by atoms with E-state index in [9.17, 15) is 4.79 Å². The summed E-state index contributed by atoms with van der Waals surface area (Å²) in [5, 5.41) is 15.7. The Bertz CT molecular complexity index is 634. The van der Waals surface area contributed by atoms with Crippen LogP contribution in [0.1, 0.15) is 21.7 Å². The summed E-state index contributed by atoms with van der Waals surface area (Å²) in [6.07, 6.45) is 3.23. The topological polar surface area (TPSA) is 80.0 Å². The van der Waals surface area contributed by atoms with E-state index in [0.29, 0.717) is 5.56 Å². The highest BCUT2D eigenvalue weighted by Crippen LogP contribution is 2.26. The first-order chi connectivity index (χ1) is 9.54. The van der Waals surface area contributed by atoms with Crippen LogP contribution in [0.4, 0.5) is 0 Å². The van der Waals surface area contributed by atoms with Gasteiger partial charge in [-0.1, -0.05) is 0 Å². The van der Waals surface area contributed by atoms with Crippen LogP contribution in [-0.2, 0) is 7.05 Å². The molecule has 2 aromatic heterocycles. The van der Waals surface area contributed by atoms with Gasteiger partial charge in [-0.25, -0.2) is 0 Å². The zero-order valence-corrected chi connectivity index (χ0v) is 11.8. The van der Waals surface area contributed by atoms with Gasteiger partial charge in [0, 0.05) is 42.8 Å². The van der Waals surface area contributed by atoms with Gasteiger partial charge in [0.25, 0.3) is 5.91 Å². The zero-order valence-electron chi connectivity index (χ0n) is 11.8. The van der Waals surface area contributed by atoms with Crippen molar-refractivity contribution in [3.05, 3.63) is 35.4 Å². The minimum absolute atomic E-state index is 0.0836. The number of rotatable bonds is 4. The van der Waals surface area contributed by atoms with Crippen molar-refractivity contribution < 1.29 is 9.90 Å². The molecule has 0 aliphatic carbocycles. The van der Waals surface area contributed by atoms with Crippen LogP contribution in [-0.4, -0.2) is 38.9 Å². The molecule has 0 aliphatic heterocycles. The first-order valence-electron chi connectivity index (χ1n) is 6.39. The molecule has 6 nitrogen and oxygen atoms in total. The highest BCUT2D eigenvalue weighted by atomic mass is 16.3. The number of aromatic nitrogens is 3. The lowest BCUT2D eigenvalue weighted by atomic mass is 10.0. The number of aliphatic hydroxyl groups excluding tert-OH is 1. The van der Waals surface area contributed by atoms with E-state index in [-0.39, 0.29) is 19.1 Å². The Morgan fingerprint density at radius 2 is 2.15 bits per heavy atom. The van der Waals surface area contributed by atoms with Crippen molar-refractivity contribution in [2.75, 3.05) is 13.2 Å². The van der Waals surface area contributed by atoms with Gasteiger partial charge in [0.1, 0.15) is 0 Å². The average Bonchev–Trinajstić information content (AvgIpc) is 2.69. The van der Waals surface area contributed by atoms with Crippen LogP contribution in [0.25, 0.3) is 11.1 Å². The van der Waals surface area contributed by atoms with Gasteiger partial charge in [0.15, 0.2) is 0 Å². The second kappa shape index (κ2) is 5.83. The molecule has 0 radical (unpaired) electrons. The summed E-state index contributed by atoms with van der Waals surface area (Å²) in [5.41, 5.74) is 4.26. The Morgan fingerprint density at radius 1 is 1.40 bits per heavy atom. The van der Waals surface area contributed by atoms with Gasteiger partial charge in [-0.05, 0) is 19.9 Å². The van der Waals surface area contributed by atoms with Crippen molar-refractivity contribution in [2.24, 2.45) is 7.05 Å². The van der Waals surface area contributed by atoms with Gasteiger partial charge in [0.2, 0.25) is 0 Å². The van der Waals surface area contributed by atoms with Crippen LogP contribution in [0.15, 0.2) is 18.5 Å². The van der Waals surface area contributed by atoms with E-state index in [1.54, 1.807) is 12.3 Å². The molecule has 0 atom stereocenters. The monoisotopic (exact) mass is 274 g/mol. The second-order valence-corrected chi connectivity index (χ2v) is 4.61. The van der Waals surface area contributed by atoms with Gasteiger partial charge < -0.3 is 10.4 Å².